The molecule has 96 valence electrons. The first-order valence-corrected chi connectivity index (χ1v) is 4.99. The number of hydrogen-bond acceptors (Lipinski definition) is 3. The summed E-state index contributed by atoms with van der Waals surface area (Å²) in [6.07, 6.45) is -6.34. The van der Waals surface area contributed by atoms with Crippen LogP contribution >= 0.6 is 0 Å². The Morgan fingerprint density at radius 3 is 2.59 bits per heavy atom. The second-order valence-corrected chi connectivity index (χ2v) is 3.68. The van der Waals surface area contributed by atoms with E-state index in [9.17, 15) is 18.3 Å². The van der Waals surface area contributed by atoms with Crippen LogP contribution in [0.2, 0.25) is 0 Å². The van der Waals surface area contributed by atoms with Gasteiger partial charge in [0.2, 0.25) is 0 Å². The first-order valence-electron chi connectivity index (χ1n) is 4.99. The summed E-state index contributed by atoms with van der Waals surface area (Å²) in [5.74, 6) is 0.474. The number of benzene rings is 1. The molecule has 0 aliphatic carbocycles. The summed E-state index contributed by atoms with van der Waals surface area (Å²) in [4.78, 5) is 0. The van der Waals surface area contributed by atoms with Gasteiger partial charge in [-0.05, 0) is 17.7 Å². The number of rotatable bonds is 4. The van der Waals surface area contributed by atoms with Gasteiger partial charge >= 0.3 is 6.18 Å². The number of ether oxygens (including phenoxy) is 1. The Bertz CT molecular complexity index is 368. The van der Waals surface area contributed by atoms with Crippen LogP contribution in [-0.4, -0.2) is 24.4 Å². The standard InChI is InChI=1S/C11H14F3NO2/c1-17-8-4-2-3-7(5-8)9(16)6-10(15)11(12,13)14/h2-5,9-10,16H,6,15H2,1H3/t9-,10+/m1/s1. The van der Waals surface area contributed by atoms with E-state index in [1.165, 1.54) is 19.2 Å². The van der Waals surface area contributed by atoms with Gasteiger partial charge in [-0.15, -0.1) is 0 Å². The maximum atomic E-state index is 12.2. The highest BCUT2D eigenvalue weighted by Gasteiger charge is 2.37. The molecule has 0 fully saturated rings. The van der Waals surface area contributed by atoms with Crippen LogP contribution in [0, 0.1) is 0 Å². The van der Waals surface area contributed by atoms with Crippen LogP contribution in [0.15, 0.2) is 24.3 Å². The van der Waals surface area contributed by atoms with Gasteiger partial charge in [-0.1, -0.05) is 12.1 Å². The molecule has 0 bridgehead atoms. The van der Waals surface area contributed by atoms with Gasteiger partial charge in [-0.3, -0.25) is 0 Å². The Morgan fingerprint density at radius 2 is 2.06 bits per heavy atom. The molecule has 0 aliphatic rings. The zero-order valence-corrected chi connectivity index (χ0v) is 9.24. The molecule has 0 heterocycles. The van der Waals surface area contributed by atoms with E-state index in [1.807, 2.05) is 0 Å². The second kappa shape index (κ2) is 5.37. The van der Waals surface area contributed by atoms with Crippen molar-refractivity contribution >= 4 is 0 Å². The van der Waals surface area contributed by atoms with E-state index in [0.717, 1.165) is 0 Å². The Morgan fingerprint density at radius 1 is 1.41 bits per heavy atom. The lowest BCUT2D eigenvalue weighted by atomic mass is 10.0. The van der Waals surface area contributed by atoms with Crippen molar-refractivity contribution < 1.29 is 23.0 Å². The SMILES string of the molecule is COc1cccc([C@H](O)C[C@H](N)C(F)(F)F)c1. The van der Waals surface area contributed by atoms with E-state index < -0.39 is 24.7 Å². The Balaban J connectivity index is 2.72. The van der Waals surface area contributed by atoms with Crippen LogP contribution in [0.5, 0.6) is 5.75 Å². The van der Waals surface area contributed by atoms with Crippen molar-refractivity contribution in [1.82, 2.24) is 0 Å². The molecular weight excluding hydrogens is 235 g/mol. The lowest BCUT2D eigenvalue weighted by Crippen LogP contribution is -2.38. The molecule has 0 saturated carbocycles. The van der Waals surface area contributed by atoms with Crippen molar-refractivity contribution in [2.24, 2.45) is 5.73 Å². The number of alkyl halides is 3. The third-order valence-electron chi connectivity index (χ3n) is 2.38. The van der Waals surface area contributed by atoms with Gasteiger partial charge in [0.1, 0.15) is 11.8 Å². The van der Waals surface area contributed by atoms with Gasteiger partial charge in [0, 0.05) is 6.42 Å². The fourth-order valence-electron chi connectivity index (χ4n) is 1.36. The average molecular weight is 249 g/mol. The number of aliphatic hydroxyl groups excluding tert-OH is 1. The van der Waals surface area contributed by atoms with Crippen LogP contribution in [0.4, 0.5) is 13.2 Å². The van der Waals surface area contributed by atoms with Crippen LogP contribution < -0.4 is 10.5 Å². The molecule has 0 saturated heterocycles. The summed E-state index contributed by atoms with van der Waals surface area (Å²) in [7, 11) is 1.44. The highest BCUT2D eigenvalue weighted by Crippen LogP contribution is 2.28. The lowest BCUT2D eigenvalue weighted by Gasteiger charge is -2.19. The zero-order chi connectivity index (χ0) is 13.1. The molecule has 0 spiro atoms. The van der Waals surface area contributed by atoms with Crippen LogP contribution in [0.1, 0.15) is 18.1 Å². The molecule has 1 aromatic rings. The molecule has 3 nitrogen and oxygen atoms in total. The lowest BCUT2D eigenvalue weighted by molar-refractivity contribution is -0.153. The molecule has 0 aromatic heterocycles. The second-order valence-electron chi connectivity index (χ2n) is 3.68. The van der Waals surface area contributed by atoms with E-state index in [-0.39, 0.29) is 0 Å². The fourth-order valence-corrected chi connectivity index (χ4v) is 1.36. The van der Waals surface area contributed by atoms with Crippen molar-refractivity contribution in [3.63, 3.8) is 0 Å². The Kier molecular flexibility index (Phi) is 4.36. The van der Waals surface area contributed by atoms with Gasteiger partial charge in [-0.2, -0.15) is 13.2 Å². The van der Waals surface area contributed by atoms with E-state index in [1.54, 1.807) is 12.1 Å². The molecule has 2 atom stereocenters. The number of hydrogen-bond donors (Lipinski definition) is 2. The molecule has 6 heteroatoms. The van der Waals surface area contributed by atoms with E-state index in [4.69, 9.17) is 10.5 Å². The molecule has 3 N–H and O–H groups in total. The molecule has 1 rings (SSSR count). The first kappa shape index (κ1) is 13.8. The molecule has 0 unspecified atom stereocenters. The average Bonchev–Trinajstić information content (AvgIpc) is 2.27. The van der Waals surface area contributed by atoms with Gasteiger partial charge in [0.15, 0.2) is 0 Å². The van der Waals surface area contributed by atoms with E-state index in [0.29, 0.717) is 11.3 Å². The monoisotopic (exact) mass is 249 g/mol. The van der Waals surface area contributed by atoms with Crippen molar-refractivity contribution in [2.75, 3.05) is 7.11 Å². The van der Waals surface area contributed by atoms with E-state index in [2.05, 4.69) is 0 Å². The summed E-state index contributed by atoms with van der Waals surface area (Å²) < 4.78 is 41.5. The zero-order valence-electron chi connectivity index (χ0n) is 9.24. The van der Waals surface area contributed by atoms with Gasteiger partial charge in [0.25, 0.3) is 0 Å². The van der Waals surface area contributed by atoms with Crippen LogP contribution in [-0.2, 0) is 0 Å². The van der Waals surface area contributed by atoms with Gasteiger partial charge in [0.05, 0.1) is 13.2 Å². The maximum absolute atomic E-state index is 12.2. The van der Waals surface area contributed by atoms with Gasteiger partial charge in [-0.25, -0.2) is 0 Å². The normalized spacial score (nSPS) is 15.4. The largest absolute Gasteiger partial charge is 0.497 e. The fraction of sp³-hybridized carbons (Fsp3) is 0.455. The molecule has 0 amide bonds. The number of halogens is 3. The van der Waals surface area contributed by atoms with E-state index >= 15 is 0 Å². The summed E-state index contributed by atoms with van der Waals surface area (Å²) >= 11 is 0. The third-order valence-corrected chi connectivity index (χ3v) is 2.38. The molecule has 1 aromatic carbocycles. The Labute approximate surface area is 97.0 Å². The minimum atomic E-state index is -4.50. The number of nitrogens with two attached hydrogens (primary N) is 1. The van der Waals surface area contributed by atoms with Crippen LogP contribution in [0.3, 0.4) is 0 Å². The molecule has 17 heavy (non-hydrogen) atoms. The van der Waals surface area contributed by atoms with Gasteiger partial charge < -0.3 is 15.6 Å². The minimum Gasteiger partial charge on any atom is -0.497 e. The minimum absolute atomic E-state index is 0.351. The van der Waals surface area contributed by atoms with Crippen molar-refractivity contribution in [3.8, 4) is 5.75 Å². The summed E-state index contributed by atoms with van der Waals surface area (Å²) in [6.45, 7) is 0. The molecule has 0 radical (unpaired) electrons. The van der Waals surface area contributed by atoms with Crippen molar-refractivity contribution in [2.45, 2.75) is 24.7 Å². The highest BCUT2D eigenvalue weighted by molar-refractivity contribution is 5.29. The quantitative estimate of drug-likeness (QED) is 0.858. The molecular formula is C11H14F3NO2. The predicted octanol–water partition coefficient (Wildman–Crippen LogP) is 2.01. The number of methoxy groups -OCH3 is 1. The highest BCUT2D eigenvalue weighted by atomic mass is 19.4. The predicted molar refractivity (Wildman–Crippen MR) is 56.6 cm³/mol. The topological polar surface area (TPSA) is 55.5 Å². The van der Waals surface area contributed by atoms with Crippen molar-refractivity contribution in [3.05, 3.63) is 29.8 Å². The Hall–Kier alpha value is -1.27. The van der Waals surface area contributed by atoms with Crippen molar-refractivity contribution in [1.29, 1.82) is 0 Å². The third kappa shape index (κ3) is 3.90. The molecule has 0 aliphatic heterocycles. The maximum Gasteiger partial charge on any atom is 0.403 e. The van der Waals surface area contributed by atoms with Crippen LogP contribution in [0.25, 0.3) is 0 Å². The smallest absolute Gasteiger partial charge is 0.403 e. The number of aliphatic hydroxyl groups is 1. The summed E-state index contributed by atoms with van der Waals surface area (Å²) in [5.41, 5.74) is 5.29. The summed E-state index contributed by atoms with van der Waals surface area (Å²) in [5, 5.41) is 9.64. The first-order chi connectivity index (χ1) is 7.84. The summed E-state index contributed by atoms with van der Waals surface area (Å²) in [6, 6.07) is 4.20.